The topological polar surface area (TPSA) is 41.4 Å². The van der Waals surface area contributed by atoms with Crippen molar-refractivity contribution < 1.29 is 4.79 Å². The van der Waals surface area contributed by atoms with E-state index in [-0.39, 0.29) is 11.9 Å². The molecule has 0 unspecified atom stereocenters. The van der Waals surface area contributed by atoms with E-state index in [4.69, 9.17) is 0 Å². The van der Waals surface area contributed by atoms with Gasteiger partial charge in [-0.15, -0.1) is 0 Å². The molecule has 0 N–H and O–H groups in total. The third kappa shape index (κ3) is 3.80. The van der Waals surface area contributed by atoms with Crippen molar-refractivity contribution in [3.8, 4) is 0 Å². The van der Waals surface area contributed by atoms with Crippen LogP contribution in [0.1, 0.15) is 32.1 Å². The molecule has 118 valence electrons. The van der Waals surface area contributed by atoms with E-state index in [1.165, 1.54) is 0 Å². The fraction of sp³-hybridized carbons (Fsp3) is 0.733. The minimum absolute atomic E-state index is 0.206. The SMILES string of the molecule is CCN1CCN(C(=O)C[C@H](C)SC)C[C@@H]1c1nccn1C. The standard InChI is InChI=1S/C15H26N4OS/c1-5-18-8-9-19(14(20)10-12(2)21-4)11-13(18)15-16-6-7-17(15)3/h6-7,12-13H,5,8-11H2,1-4H3/t12-,13+/m0/s1. The summed E-state index contributed by atoms with van der Waals surface area (Å²) >= 11 is 1.75. The summed E-state index contributed by atoms with van der Waals surface area (Å²) in [5, 5.41) is 0.383. The van der Waals surface area contributed by atoms with Gasteiger partial charge in [0.25, 0.3) is 0 Å². The molecular formula is C15H26N4OS. The number of likely N-dealkylation sites (N-methyl/N-ethyl adjacent to an activating group) is 1. The van der Waals surface area contributed by atoms with Gasteiger partial charge in [0, 0.05) is 50.7 Å². The Balaban J connectivity index is 2.08. The Morgan fingerprint density at radius 3 is 2.86 bits per heavy atom. The Bertz CT molecular complexity index is 476. The predicted octanol–water partition coefficient (Wildman–Crippen LogP) is 1.77. The second-order valence-corrected chi connectivity index (χ2v) is 6.91. The molecule has 0 bridgehead atoms. The third-order valence-electron chi connectivity index (χ3n) is 4.27. The van der Waals surface area contributed by atoms with Crippen LogP contribution in [0.3, 0.4) is 0 Å². The molecule has 0 aromatic carbocycles. The third-order valence-corrected chi connectivity index (χ3v) is 5.24. The van der Waals surface area contributed by atoms with Gasteiger partial charge < -0.3 is 9.47 Å². The molecule has 1 aromatic heterocycles. The number of aromatic nitrogens is 2. The number of nitrogens with zero attached hydrogens (tertiary/aromatic N) is 4. The Kier molecular flexibility index (Phi) is 5.70. The Labute approximate surface area is 131 Å². The first kappa shape index (κ1) is 16.4. The van der Waals surface area contributed by atoms with E-state index >= 15 is 0 Å². The van der Waals surface area contributed by atoms with Gasteiger partial charge in [0.05, 0.1) is 6.04 Å². The highest BCUT2D eigenvalue weighted by Gasteiger charge is 2.32. The van der Waals surface area contributed by atoms with Crippen LogP contribution in [0.2, 0.25) is 0 Å². The van der Waals surface area contributed by atoms with Crippen LogP contribution >= 0.6 is 11.8 Å². The highest BCUT2D eigenvalue weighted by atomic mass is 32.2. The average molecular weight is 310 g/mol. The number of carbonyl (C=O) groups is 1. The maximum atomic E-state index is 12.4. The van der Waals surface area contributed by atoms with E-state index in [1.54, 1.807) is 11.8 Å². The molecule has 2 rings (SSSR count). The lowest BCUT2D eigenvalue weighted by Crippen LogP contribution is -2.51. The maximum Gasteiger partial charge on any atom is 0.223 e. The summed E-state index contributed by atoms with van der Waals surface area (Å²) in [5.74, 6) is 1.32. The number of piperazine rings is 1. The van der Waals surface area contributed by atoms with Crippen molar-refractivity contribution in [2.45, 2.75) is 31.6 Å². The molecule has 1 aromatic rings. The van der Waals surface area contributed by atoms with Gasteiger partial charge in [0.1, 0.15) is 5.82 Å². The highest BCUT2D eigenvalue weighted by Crippen LogP contribution is 2.24. The first-order valence-corrected chi connectivity index (χ1v) is 8.87. The average Bonchev–Trinajstić information content (AvgIpc) is 2.92. The monoisotopic (exact) mass is 310 g/mol. The Morgan fingerprint density at radius 2 is 2.29 bits per heavy atom. The predicted molar refractivity (Wildman–Crippen MR) is 87.4 cm³/mol. The van der Waals surface area contributed by atoms with Gasteiger partial charge in [-0.25, -0.2) is 4.98 Å². The van der Waals surface area contributed by atoms with E-state index in [1.807, 2.05) is 24.3 Å². The molecule has 0 aliphatic carbocycles. The smallest absolute Gasteiger partial charge is 0.223 e. The second kappa shape index (κ2) is 7.31. The first-order valence-electron chi connectivity index (χ1n) is 7.58. The van der Waals surface area contributed by atoms with Crippen LogP contribution in [0.15, 0.2) is 12.4 Å². The van der Waals surface area contributed by atoms with Gasteiger partial charge in [0.2, 0.25) is 5.91 Å². The normalized spacial score (nSPS) is 21.5. The van der Waals surface area contributed by atoms with Crippen LogP contribution < -0.4 is 0 Å². The Hall–Kier alpha value is -1.01. The zero-order valence-electron chi connectivity index (χ0n) is 13.5. The molecule has 1 amide bonds. The Morgan fingerprint density at radius 1 is 1.52 bits per heavy atom. The number of rotatable bonds is 5. The number of thioether (sulfide) groups is 1. The molecule has 1 fully saturated rings. The van der Waals surface area contributed by atoms with Crippen LogP contribution in [0, 0.1) is 0 Å². The summed E-state index contributed by atoms with van der Waals surface area (Å²) in [7, 11) is 2.02. The number of carbonyl (C=O) groups excluding carboxylic acids is 1. The lowest BCUT2D eigenvalue weighted by Gasteiger charge is -2.40. The van der Waals surface area contributed by atoms with Gasteiger partial charge in [-0.1, -0.05) is 13.8 Å². The van der Waals surface area contributed by atoms with Gasteiger partial charge in [0.15, 0.2) is 0 Å². The molecule has 21 heavy (non-hydrogen) atoms. The first-order chi connectivity index (χ1) is 10.1. The van der Waals surface area contributed by atoms with Gasteiger partial charge in [-0.2, -0.15) is 11.8 Å². The van der Waals surface area contributed by atoms with E-state index in [0.717, 1.165) is 32.0 Å². The zero-order chi connectivity index (χ0) is 15.4. The number of amides is 1. The van der Waals surface area contributed by atoms with Crippen molar-refractivity contribution in [2.75, 3.05) is 32.4 Å². The van der Waals surface area contributed by atoms with Crippen molar-refractivity contribution in [2.24, 2.45) is 7.05 Å². The fourth-order valence-corrected chi connectivity index (χ4v) is 3.14. The minimum Gasteiger partial charge on any atom is -0.339 e. The van der Waals surface area contributed by atoms with Gasteiger partial charge in [-0.3, -0.25) is 9.69 Å². The lowest BCUT2D eigenvalue weighted by atomic mass is 10.1. The quantitative estimate of drug-likeness (QED) is 0.831. The van der Waals surface area contributed by atoms with E-state index in [9.17, 15) is 4.79 Å². The lowest BCUT2D eigenvalue weighted by molar-refractivity contribution is -0.134. The van der Waals surface area contributed by atoms with Crippen molar-refractivity contribution in [1.82, 2.24) is 19.4 Å². The minimum atomic E-state index is 0.206. The second-order valence-electron chi connectivity index (χ2n) is 5.63. The summed E-state index contributed by atoms with van der Waals surface area (Å²) in [5.41, 5.74) is 0. The summed E-state index contributed by atoms with van der Waals surface area (Å²) < 4.78 is 2.06. The molecule has 0 radical (unpaired) electrons. The highest BCUT2D eigenvalue weighted by molar-refractivity contribution is 7.99. The summed E-state index contributed by atoms with van der Waals surface area (Å²) in [6, 6.07) is 0.206. The molecule has 5 nitrogen and oxygen atoms in total. The molecule has 1 saturated heterocycles. The molecular weight excluding hydrogens is 284 g/mol. The zero-order valence-corrected chi connectivity index (χ0v) is 14.3. The van der Waals surface area contributed by atoms with E-state index < -0.39 is 0 Å². The molecule has 2 heterocycles. The van der Waals surface area contributed by atoms with Gasteiger partial charge >= 0.3 is 0 Å². The summed E-state index contributed by atoms with van der Waals surface area (Å²) in [6.45, 7) is 7.77. The molecule has 2 atom stereocenters. The maximum absolute atomic E-state index is 12.4. The fourth-order valence-electron chi connectivity index (χ4n) is 2.83. The van der Waals surface area contributed by atoms with Crippen LogP contribution in [0.4, 0.5) is 0 Å². The molecule has 1 aliphatic rings. The summed E-state index contributed by atoms with van der Waals surface area (Å²) in [4.78, 5) is 21.3. The van der Waals surface area contributed by atoms with Crippen LogP contribution in [-0.4, -0.2) is 62.9 Å². The molecule has 0 spiro atoms. The number of imidazole rings is 1. The van der Waals surface area contributed by atoms with E-state index in [0.29, 0.717) is 11.7 Å². The summed E-state index contributed by atoms with van der Waals surface area (Å²) in [6.07, 6.45) is 6.49. The van der Waals surface area contributed by atoms with Crippen molar-refractivity contribution in [3.05, 3.63) is 18.2 Å². The number of hydrogen-bond acceptors (Lipinski definition) is 4. The van der Waals surface area contributed by atoms with Crippen molar-refractivity contribution in [1.29, 1.82) is 0 Å². The van der Waals surface area contributed by atoms with Crippen LogP contribution in [-0.2, 0) is 11.8 Å². The molecule has 6 heteroatoms. The van der Waals surface area contributed by atoms with Crippen molar-refractivity contribution >= 4 is 17.7 Å². The van der Waals surface area contributed by atoms with Crippen molar-refractivity contribution in [3.63, 3.8) is 0 Å². The number of hydrogen-bond donors (Lipinski definition) is 0. The van der Waals surface area contributed by atoms with E-state index in [2.05, 4.69) is 34.6 Å². The van der Waals surface area contributed by atoms with Crippen LogP contribution in [0.25, 0.3) is 0 Å². The molecule has 0 saturated carbocycles. The largest absolute Gasteiger partial charge is 0.339 e. The number of aryl methyl sites for hydroxylation is 1. The molecule has 1 aliphatic heterocycles. The van der Waals surface area contributed by atoms with Crippen LogP contribution in [0.5, 0.6) is 0 Å². The van der Waals surface area contributed by atoms with Gasteiger partial charge in [-0.05, 0) is 12.8 Å².